The number of amides is 1. The van der Waals surface area contributed by atoms with Gasteiger partial charge in [0.2, 0.25) is 5.91 Å². The van der Waals surface area contributed by atoms with E-state index in [2.05, 4.69) is 5.32 Å². The maximum Gasteiger partial charge on any atom is 0.220 e. The quantitative estimate of drug-likeness (QED) is 0.832. The van der Waals surface area contributed by atoms with Crippen LogP contribution >= 0.6 is 11.3 Å². The van der Waals surface area contributed by atoms with E-state index < -0.39 is 6.10 Å². The molecule has 1 atom stereocenters. The lowest BCUT2D eigenvalue weighted by atomic mass is 10.0. The second-order valence-corrected chi connectivity index (χ2v) is 6.00. The molecule has 1 aromatic rings. The van der Waals surface area contributed by atoms with Crippen molar-refractivity contribution >= 4 is 17.2 Å². The predicted octanol–water partition coefficient (Wildman–Crippen LogP) is 2.87. The molecule has 2 rings (SSSR count). The molecular formula is C14H21NO2S. The van der Waals surface area contributed by atoms with Crippen molar-refractivity contribution in [2.75, 3.05) is 6.54 Å². The van der Waals surface area contributed by atoms with Crippen molar-refractivity contribution in [1.82, 2.24) is 5.32 Å². The first-order valence-electron chi connectivity index (χ1n) is 6.74. The third-order valence-corrected chi connectivity index (χ3v) is 4.53. The van der Waals surface area contributed by atoms with Crippen molar-refractivity contribution in [3.63, 3.8) is 0 Å². The third kappa shape index (κ3) is 4.10. The van der Waals surface area contributed by atoms with Gasteiger partial charge in [-0.3, -0.25) is 4.79 Å². The van der Waals surface area contributed by atoms with E-state index in [9.17, 15) is 9.90 Å². The molecule has 2 N–H and O–H groups in total. The first kappa shape index (κ1) is 13.6. The van der Waals surface area contributed by atoms with Crippen molar-refractivity contribution in [3.05, 3.63) is 22.4 Å². The van der Waals surface area contributed by atoms with Crippen molar-refractivity contribution in [2.24, 2.45) is 5.92 Å². The normalized spacial score (nSPS) is 17.8. The van der Waals surface area contributed by atoms with Crippen LogP contribution in [-0.4, -0.2) is 17.6 Å². The predicted molar refractivity (Wildman–Crippen MR) is 73.5 cm³/mol. The van der Waals surface area contributed by atoms with Gasteiger partial charge in [0, 0.05) is 17.8 Å². The third-order valence-electron chi connectivity index (χ3n) is 3.56. The summed E-state index contributed by atoms with van der Waals surface area (Å²) in [6.45, 7) is 0.560. The first-order chi connectivity index (χ1) is 8.75. The molecule has 1 saturated carbocycles. The summed E-state index contributed by atoms with van der Waals surface area (Å²) in [5, 5.41) is 14.7. The monoisotopic (exact) mass is 267 g/mol. The zero-order chi connectivity index (χ0) is 12.8. The van der Waals surface area contributed by atoms with Crippen LogP contribution < -0.4 is 5.32 Å². The van der Waals surface area contributed by atoms with Crippen molar-refractivity contribution < 1.29 is 9.90 Å². The Bertz CT molecular complexity index is 358. The fourth-order valence-corrected chi connectivity index (χ4v) is 3.27. The van der Waals surface area contributed by atoms with E-state index in [4.69, 9.17) is 0 Å². The second-order valence-electron chi connectivity index (χ2n) is 5.02. The Morgan fingerprint density at radius 3 is 2.94 bits per heavy atom. The largest absolute Gasteiger partial charge is 0.388 e. The molecule has 1 amide bonds. The van der Waals surface area contributed by atoms with Crippen molar-refractivity contribution in [3.8, 4) is 0 Å². The molecule has 4 heteroatoms. The summed E-state index contributed by atoms with van der Waals surface area (Å²) in [6, 6.07) is 3.86. The highest BCUT2D eigenvalue weighted by molar-refractivity contribution is 7.10. The molecule has 1 aliphatic rings. The molecule has 0 aromatic carbocycles. The summed E-state index contributed by atoms with van der Waals surface area (Å²) in [6.07, 6.45) is 5.75. The zero-order valence-corrected chi connectivity index (χ0v) is 11.4. The van der Waals surface area contributed by atoms with Gasteiger partial charge in [-0.05, 0) is 36.6 Å². The molecule has 1 unspecified atom stereocenters. The van der Waals surface area contributed by atoms with Gasteiger partial charge in [0.1, 0.15) is 0 Å². The van der Waals surface area contributed by atoms with E-state index in [1.807, 2.05) is 17.5 Å². The van der Waals surface area contributed by atoms with Crippen LogP contribution in [0.1, 0.15) is 49.5 Å². The Hall–Kier alpha value is -0.870. The van der Waals surface area contributed by atoms with E-state index in [-0.39, 0.29) is 5.91 Å². The Morgan fingerprint density at radius 2 is 2.28 bits per heavy atom. The first-order valence-corrected chi connectivity index (χ1v) is 7.62. The van der Waals surface area contributed by atoms with Crippen LogP contribution in [0, 0.1) is 5.92 Å². The minimum absolute atomic E-state index is 0.139. The molecule has 0 radical (unpaired) electrons. The zero-order valence-electron chi connectivity index (χ0n) is 10.6. The van der Waals surface area contributed by atoms with Gasteiger partial charge in [-0.25, -0.2) is 0 Å². The molecule has 0 bridgehead atoms. The number of carbonyl (C=O) groups is 1. The van der Waals surface area contributed by atoms with Gasteiger partial charge in [-0.1, -0.05) is 18.9 Å². The van der Waals surface area contributed by atoms with Gasteiger partial charge in [-0.15, -0.1) is 11.3 Å². The number of thiophene rings is 1. The molecule has 0 spiro atoms. The molecule has 3 nitrogen and oxygen atoms in total. The van der Waals surface area contributed by atoms with Crippen LogP contribution in [0.15, 0.2) is 17.5 Å². The number of aliphatic hydroxyl groups excluding tert-OH is 1. The lowest BCUT2D eigenvalue weighted by Gasteiger charge is -2.11. The maximum atomic E-state index is 11.7. The fraction of sp³-hybridized carbons (Fsp3) is 0.643. The molecule has 0 saturated heterocycles. The highest BCUT2D eigenvalue weighted by Gasteiger charge is 2.18. The van der Waals surface area contributed by atoms with Crippen LogP contribution in [0.25, 0.3) is 0 Å². The Morgan fingerprint density at radius 1 is 1.50 bits per heavy atom. The smallest absolute Gasteiger partial charge is 0.220 e. The van der Waals surface area contributed by atoms with Gasteiger partial charge >= 0.3 is 0 Å². The van der Waals surface area contributed by atoms with E-state index in [0.29, 0.717) is 25.3 Å². The molecule has 1 aliphatic carbocycles. The average molecular weight is 267 g/mol. The second kappa shape index (κ2) is 6.90. The fourth-order valence-electron chi connectivity index (χ4n) is 2.52. The lowest BCUT2D eigenvalue weighted by molar-refractivity contribution is -0.122. The van der Waals surface area contributed by atoms with Gasteiger partial charge in [0.05, 0.1) is 6.10 Å². The van der Waals surface area contributed by atoms with Crippen LogP contribution in [0.2, 0.25) is 0 Å². The number of rotatable bonds is 6. The number of aliphatic hydroxyl groups is 1. The van der Waals surface area contributed by atoms with Gasteiger partial charge in [-0.2, -0.15) is 0 Å². The van der Waals surface area contributed by atoms with Crippen LogP contribution in [-0.2, 0) is 4.79 Å². The number of hydrogen-bond acceptors (Lipinski definition) is 3. The van der Waals surface area contributed by atoms with Crippen molar-refractivity contribution in [2.45, 2.75) is 44.6 Å². The molecular weight excluding hydrogens is 246 g/mol. The number of hydrogen-bond donors (Lipinski definition) is 2. The average Bonchev–Trinajstić information content (AvgIpc) is 3.00. The van der Waals surface area contributed by atoms with E-state index in [1.165, 1.54) is 25.7 Å². The van der Waals surface area contributed by atoms with E-state index in [0.717, 1.165) is 4.88 Å². The lowest BCUT2D eigenvalue weighted by Crippen LogP contribution is -2.27. The standard InChI is InChI=1S/C14H21NO2S/c16-12(13-6-3-9-18-13)7-8-15-14(17)10-11-4-1-2-5-11/h3,6,9,11-12,16H,1-2,4-5,7-8,10H2,(H,15,17). The summed E-state index contributed by atoms with van der Waals surface area (Å²) in [5.74, 6) is 0.729. The summed E-state index contributed by atoms with van der Waals surface area (Å²) >= 11 is 1.55. The van der Waals surface area contributed by atoms with Gasteiger partial charge in [0.15, 0.2) is 0 Å². The summed E-state index contributed by atoms with van der Waals surface area (Å²) < 4.78 is 0. The Balaban J connectivity index is 1.61. The molecule has 100 valence electrons. The van der Waals surface area contributed by atoms with Crippen LogP contribution in [0.4, 0.5) is 0 Å². The molecule has 18 heavy (non-hydrogen) atoms. The van der Waals surface area contributed by atoms with Crippen LogP contribution in [0.5, 0.6) is 0 Å². The van der Waals surface area contributed by atoms with E-state index >= 15 is 0 Å². The minimum Gasteiger partial charge on any atom is -0.388 e. The number of carbonyl (C=O) groups excluding carboxylic acids is 1. The van der Waals surface area contributed by atoms with Gasteiger partial charge in [0.25, 0.3) is 0 Å². The van der Waals surface area contributed by atoms with Crippen molar-refractivity contribution in [1.29, 1.82) is 0 Å². The Labute approximate surface area is 112 Å². The van der Waals surface area contributed by atoms with Gasteiger partial charge < -0.3 is 10.4 Å². The maximum absolute atomic E-state index is 11.7. The highest BCUT2D eigenvalue weighted by Crippen LogP contribution is 2.27. The number of nitrogens with one attached hydrogen (secondary N) is 1. The molecule has 1 fully saturated rings. The summed E-state index contributed by atoms with van der Waals surface area (Å²) in [7, 11) is 0. The summed E-state index contributed by atoms with van der Waals surface area (Å²) in [5.41, 5.74) is 0. The van der Waals surface area contributed by atoms with Crippen LogP contribution in [0.3, 0.4) is 0 Å². The minimum atomic E-state index is -0.447. The SMILES string of the molecule is O=C(CC1CCCC1)NCCC(O)c1cccs1. The molecule has 1 heterocycles. The topological polar surface area (TPSA) is 49.3 Å². The summed E-state index contributed by atoms with van der Waals surface area (Å²) in [4.78, 5) is 12.6. The highest BCUT2D eigenvalue weighted by atomic mass is 32.1. The van der Waals surface area contributed by atoms with E-state index in [1.54, 1.807) is 11.3 Å². The Kier molecular flexibility index (Phi) is 5.20. The molecule has 1 aromatic heterocycles. The molecule has 0 aliphatic heterocycles.